The van der Waals surface area contributed by atoms with Crippen LogP contribution in [0.3, 0.4) is 0 Å². The largest absolute Gasteiger partial charge is 0.444 e. The average Bonchev–Trinajstić information content (AvgIpc) is 3.53. The van der Waals surface area contributed by atoms with Gasteiger partial charge in [-0.1, -0.05) is 6.92 Å². The van der Waals surface area contributed by atoms with E-state index < -0.39 is 17.2 Å². The number of rotatable bonds is 6. The van der Waals surface area contributed by atoms with Gasteiger partial charge < -0.3 is 15.4 Å². The fraction of sp³-hybridized carbons (Fsp3) is 0.750. The van der Waals surface area contributed by atoms with Gasteiger partial charge in [-0.05, 0) is 88.1 Å². The maximum Gasteiger partial charge on any atom is 0.410 e. The molecule has 1 spiro atoms. The van der Waals surface area contributed by atoms with Gasteiger partial charge in [-0.3, -0.25) is 9.69 Å². The number of carbonyl (C=O) groups is 2. The number of halogens is 1. The third-order valence-electron chi connectivity index (χ3n) is 7.76. The molecule has 0 bridgehead atoms. The average molecular weight is 476 g/mol. The van der Waals surface area contributed by atoms with Gasteiger partial charge in [0, 0.05) is 30.9 Å². The fourth-order valence-electron chi connectivity index (χ4n) is 5.60. The molecule has 2 amide bonds. The molecule has 2 N–H and O–H groups in total. The quantitative estimate of drug-likeness (QED) is 0.603. The van der Waals surface area contributed by atoms with Crippen molar-refractivity contribution in [1.29, 1.82) is 0 Å². The second kappa shape index (κ2) is 7.20. The number of ether oxygens (including phenoxy) is 1. The smallest absolute Gasteiger partial charge is 0.410 e. The summed E-state index contributed by atoms with van der Waals surface area (Å²) in [5.74, 6) is 0.796. The van der Waals surface area contributed by atoms with Gasteiger partial charge in [0.1, 0.15) is 17.0 Å². The molecule has 33 heavy (non-hydrogen) atoms. The monoisotopic (exact) mass is 475 g/mol. The molecule has 1 atom stereocenters. The predicted molar refractivity (Wildman–Crippen MR) is 125 cm³/mol. The molecule has 4 aliphatic rings. The zero-order chi connectivity index (χ0) is 23.8. The molecule has 1 aromatic rings. The number of carbonyl (C=O) groups excluding carboxylic acids is 2. The van der Waals surface area contributed by atoms with E-state index in [1.807, 2.05) is 27.0 Å². The molecule has 0 aliphatic heterocycles. The van der Waals surface area contributed by atoms with E-state index in [0.29, 0.717) is 18.9 Å². The second-order valence-electron chi connectivity index (χ2n) is 11.9. The lowest BCUT2D eigenvalue weighted by atomic mass is 9.57. The molecule has 0 aromatic carbocycles. The Bertz CT molecular complexity index is 992. The van der Waals surface area contributed by atoms with E-state index in [1.54, 1.807) is 7.05 Å². The Morgan fingerprint density at radius 3 is 2.48 bits per heavy atom. The van der Waals surface area contributed by atoms with E-state index in [4.69, 9.17) is 16.3 Å². The van der Waals surface area contributed by atoms with Gasteiger partial charge in [0.15, 0.2) is 0 Å². The molecule has 1 heterocycles. The fourth-order valence-corrected chi connectivity index (χ4v) is 5.73. The van der Waals surface area contributed by atoms with Crippen LogP contribution in [0.4, 0.5) is 10.6 Å². The molecular weight excluding hydrogens is 442 g/mol. The molecule has 180 valence electrons. The van der Waals surface area contributed by atoms with Gasteiger partial charge in [0.2, 0.25) is 11.2 Å². The predicted octanol–water partition coefficient (Wildman–Crippen LogP) is 4.03. The Kier molecular flexibility index (Phi) is 4.95. The van der Waals surface area contributed by atoms with E-state index >= 15 is 0 Å². The molecular formula is C24H34ClN5O3. The van der Waals surface area contributed by atoms with E-state index in [2.05, 4.69) is 27.5 Å². The lowest BCUT2D eigenvalue weighted by molar-refractivity contribution is -0.128. The minimum absolute atomic E-state index is 0.0358. The molecule has 4 saturated carbocycles. The highest BCUT2D eigenvalue weighted by Crippen LogP contribution is 2.69. The number of nitrogens with zero attached hydrogens (tertiary/aromatic N) is 3. The maximum atomic E-state index is 13.2. The minimum Gasteiger partial charge on any atom is -0.444 e. The van der Waals surface area contributed by atoms with Crippen LogP contribution in [0.1, 0.15) is 78.2 Å². The number of amides is 2. The normalized spacial score (nSPS) is 31.4. The van der Waals surface area contributed by atoms with Crippen molar-refractivity contribution < 1.29 is 14.3 Å². The minimum atomic E-state index is -0.773. The van der Waals surface area contributed by atoms with Crippen molar-refractivity contribution >= 4 is 29.4 Å². The van der Waals surface area contributed by atoms with Gasteiger partial charge in [-0.2, -0.15) is 0 Å². The summed E-state index contributed by atoms with van der Waals surface area (Å²) in [6.07, 6.45) is 8.00. The number of hydrogen-bond donors (Lipinski definition) is 2. The Morgan fingerprint density at radius 2 is 1.91 bits per heavy atom. The van der Waals surface area contributed by atoms with Gasteiger partial charge in [0.25, 0.3) is 0 Å². The van der Waals surface area contributed by atoms with Crippen molar-refractivity contribution in [2.24, 2.45) is 5.41 Å². The van der Waals surface area contributed by atoms with Crippen molar-refractivity contribution in [2.45, 2.75) is 101 Å². The number of nitrogens with one attached hydrogen (secondary N) is 2. The van der Waals surface area contributed by atoms with E-state index in [0.717, 1.165) is 43.5 Å². The van der Waals surface area contributed by atoms with Crippen LogP contribution in [0.25, 0.3) is 0 Å². The van der Waals surface area contributed by atoms with Gasteiger partial charge in [-0.15, -0.1) is 0 Å². The third-order valence-corrected chi connectivity index (χ3v) is 7.95. The Hall–Kier alpha value is -2.09. The van der Waals surface area contributed by atoms with E-state index in [9.17, 15) is 9.59 Å². The van der Waals surface area contributed by atoms with Gasteiger partial charge in [0.05, 0.1) is 0 Å². The summed E-state index contributed by atoms with van der Waals surface area (Å²) in [5, 5.41) is 7.01. The Morgan fingerprint density at radius 1 is 1.24 bits per heavy atom. The van der Waals surface area contributed by atoms with Gasteiger partial charge >= 0.3 is 6.09 Å². The number of likely N-dealkylation sites (N-methyl/N-ethyl adjacent to an activating group) is 1. The first-order chi connectivity index (χ1) is 15.4. The van der Waals surface area contributed by atoms with Crippen LogP contribution in [0.5, 0.6) is 0 Å². The van der Waals surface area contributed by atoms with E-state index in [1.165, 1.54) is 4.90 Å². The summed E-state index contributed by atoms with van der Waals surface area (Å²) in [6, 6.07) is 0.632. The Labute approximate surface area is 200 Å². The van der Waals surface area contributed by atoms with Crippen LogP contribution in [0.15, 0.2) is 6.20 Å². The summed E-state index contributed by atoms with van der Waals surface area (Å²) in [6.45, 7) is 7.74. The summed E-state index contributed by atoms with van der Waals surface area (Å²) in [4.78, 5) is 35.9. The highest BCUT2D eigenvalue weighted by Gasteiger charge is 2.68. The third kappa shape index (κ3) is 4.15. The lowest BCUT2D eigenvalue weighted by Crippen LogP contribution is -2.53. The SMILES string of the molecule is CN(C(=O)OC(C)(C)C)C1(C(=O)NC2CC23CC(C)(c2cnc(Cl)nc2NC2CC2)C3)CC1. The summed E-state index contributed by atoms with van der Waals surface area (Å²) >= 11 is 6.07. The van der Waals surface area contributed by atoms with Gasteiger partial charge in [-0.25, -0.2) is 14.8 Å². The maximum absolute atomic E-state index is 13.2. The first kappa shape index (κ1) is 22.7. The zero-order valence-electron chi connectivity index (χ0n) is 20.1. The number of anilines is 1. The lowest BCUT2D eigenvalue weighted by Gasteiger charge is -2.47. The van der Waals surface area contributed by atoms with Crippen LogP contribution in [0, 0.1) is 5.41 Å². The first-order valence-electron chi connectivity index (χ1n) is 11.9. The van der Waals surface area contributed by atoms with Crippen LogP contribution in [-0.4, -0.2) is 57.1 Å². The van der Waals surface area contributed by atoms with Crippen molar-refractivity contribution in [3.63, 3.8) is 0 Å². The summed E-state index contributed by atoms with van der Waals surface area (Å²) < 4.78 is 5.48. The molecule has 5 rings (SSSR count). The molecule has 4 fully saturated rings. The molecule has 9 heteroatoms. The van der Waals surface area contributed by atoms with Crippen LogP contribution >= 0.6 is 11.6 Å². The standard InChI is InChI=1S/C24H34ClN5O3/c1-21(2,3)33-20(32)30(5)24(8-9-24)18(31)28-16-10-23(16)12-22(4,13-23)15-11-26-19(25)29-17(15)27-14-6-7-14/h11,14,16H,6-10,12-13H2,1-5H3,(H,28,31)(H,26,27,29). The highest BCUT2D eigenvalue weighted by atomic mass is 35.5. The molecule has 8 nitrogen and oxygen atoms in total. The number of hydrogen-bond acceptors (Lipinski definition) is 6. The molecule has 4 aliphatic carbocycles. The van der Waals surface area contributed by atoms with Crippen molar-refractivity contribution in [3.05, 3.63) is 17.0 Å². The highest BCUT2D eigenvalue weighted by molar-refractivity contribution is 6.28. The molecule has 1 unspecified atom stereocenters. The molecule has 0 radical (unpaired) electrons. The van der Waals surface area contributed by atoms with Crippen LogP contribution in [-0.2, 0) is 14.9 Å². The topological polar surface area (TPSA) is 96.5 Å². The zero-order valence-corrected chi connectivity index (χ0v) is 20.9. The van der Waals surface area contributed by atoms with Crippen LogP contribution < -0.4 is 10.6 Å². The Balaban J connectivity index is 1.21. The van der Waals surface area contributed by atoms with Crippen molar-refractivity contribution in [1.82, 2.24) is 20.2 Å². The summed E-state index contributed by atoms with van der Waals surface area (Å²) in [7, 11) is 1.67. The van der Waals surface area contributed by atoms with E-state index in [-0.39, 0.29) is 28.1 Å². The number of aromatic nitrogens is 2. The first-order valence-corrected chi connectivity index (χ1v) is 12.3. The molecule has 1 aromatic heterocycles. The summed E-state index contributed by atoms with van der Waals surface area (Å²) in [5.41, 5.74) is -0.157. The van der Waals surface area contributed by atoms with Crippen molar-refractivity contribution in [3.8, 4) is 0 Å². The second-order valence-corrected chi connectivity index (χ2v) is 12.2. The molecule has 0 saturated heterocycles. The van der Waals surface area contributed by atoms with Crippen molar-refractivity contribution in [2.75, 3.05) is 12.4 Å². The van der Waals surface area contributed by atoms with Crippen LogP contribution in [0.2, 0.25) is 5.28 Å².